The van der Waals surface area contributed by atoms with Crippen LogP contribution in [0.4, 0.5) is 5.13 Å². The van der Waals surface area contributed by atoms with E-state index in [1.165, 1.54) is 5.56 Å². The highest BCUT2D eigenvalue weighted by atomic mass is 32.2. The largest absolute Gasteiger partial charge is 0.301 e. The normalized spacial score (nSPS) is 11.3. The Labute approximate surface area is 162 Å². The summed E-state index contributed by atoms with van der Waals surface area (Å²) in [5.41, 5.74) is 1.19. The van der Waals surface area contributed by atoms with Gasteiger partial charge < -0.3 is 5.32 Å². The van der Waals surface area contributed by atoms with Gasteiger partial charge in [0.15, 0.2) is 9.84 Å². The van der Waals surface area contributed by atoms with E-state index < -0.39 is 9.84 Å². The summed E-state index contributed by atoms with van der Waals surface area (Å²) >= 11 is 1.08. The Hall–Kier alpha value is -2.58. The standard InChI is InChI=1S/C19H19N3O3S2/c23-17(13-7-10-15-8-3-1-4-9-15)20-19-22-21-18(26-19)14-27(24,25)16-11-5-2-6-12-16/h1-6,8-9,11-12H,7,10,13-14H2,(H,20,22,23). The van der Waals surface area contributed by atoms with E-state index in [0.29, 0.717) is 16.6 Å². The molecule has 0 fully saturated rings. The summed E-state index contributed by atoms with van der Waals surface area (Å²) in [6.07, 6.45) is 1.92. The first kappa shape index (κ1) is 19.2. The first-order valence-electron chi connectivity index (χ1n) is 8.47. The van der Waals surface area contributed by atoms with Crippen molar-refractivity contribution in [3.8, 4) is 0 Å². The zero-order valence-corrected chi connectivity index (χ0v) is 16.2. The molecule has 0 saturated carbocycles. The molecule has 0 atom stereocenters. The van der Waals surface area contributed by atoms with Crippen molar-refractivity contribution in [1.82, 2.24) is 10.2 Å². The average Bonchev–Trinajstić information content (AvgIpc) is 3.09. The highest BCUT2D eigenvalue weighted by Gasteiger charge is 2.18. The Morgan fingerprint density at radius 1 is 0.963 bits per heavy atom. The molecule has 0 aliphatic heterocycles. The van der Waals surface area contributed by atoms with Gasteiger partial charge in [-0.25, -0.2) is 8.42 Å². The predicted molar refractivity (Wildman–Crippen MR) is 105 cm³/mol. The number of carbonyl (C=O) groups is 1. The number of anilines is 1. The molecule has 1 heterocycles. The van der Waals surface area contributed by atoms with Gasteiger partial charge >= 0.3 is 0 Å². The van der Waals surface area contributed by atoms with Crippen LogP contribution in [0.15, 0.2) is 65.6 Å². The number of amides is 1. The third-order valence-corrected chi connectivity index (χ3v) is 6.51. The molecular formula is C19H19N3O3S2. The van der Waals surface area contributed by atoms with Gasteiger partial charge in [-0.05, 0) is 30.5 Å². The monoisotopic (exact) mass is 401 g/mol. The molecule has 0 spiro atoms. The second-order valence-corrected chi connectivity index (χ2v) is 9.01. The summed E-state index contributed by atoms with van der Waals surface area (Å²) in [6, 6.07) is 18.2. The number of carbonyl (C=O) groups excluding carboxylic acids is 1. The van der Waals surface area contributed by atoms with Gasteiger partial charge in [0, 0.05) is 6.42 Å². The molecule has 1 N–H and O–H groups in total. The molecular weight excluding hydrogens is 382 g/mol. The van der Waals surface area contributed by atoms with Crippen LogP contribution in [-0.2, 0) is 26.8 Å². The quantitative estimate of drug-likeness (QED) is 0.624. The van der Waals surface area contributed by atoms with Crippen molar-refractivity contribution in [1.29, 1.82) is 0 Å². The van der Waals surface area contributed by atoms with E-state index in [1.807, 2.05) is 30.3 Å². The SMILES string of the molecule is O=C(CCCc1ccccc1)Nc1nnc(CS(=O)(=O)c2ccccc2)s1. The lowest BCUT2D eigenvalue weighted by Crippen LogP contribution is -2.11. The Morgan fingerprint density at radius 2 is 1.63 bits per heavy atom. The summed E-state index contributed by atoms with van der Waals surface area (Å²) < 4.78 is 24.7. The maximum Gasteiger partial charge on any atom is 0.226 e. The molecule has 0 aliphatic carbocycles. The number of nitrogens with zero attached hydrogens (tertiary/aromatic N) is 2. The molecule has 2 aromatic carbocycles. The van der Waals surface area contributed by atoms with E-state index in [1.54, 1.807) is 30.3 Å². The van der Waals surface area contributed by atoms with E-state index in [9.17, 15) is 13.2 Å². The molecule has 0 saturated heterocycles. The Morgan fingerprint density at radius 3 is 2.33 bits per heavy atom. The van der Waals surface area contributed by atoms with Crippen LogP contribution >= 0.6 is 11.3 Å². The summed E-state index contributed by atoms with van der Waals surface area (Å²) in [4.78, 5) is 12.3. The lowest BCUT2D eigenvalue weighted by Gasteiger charge is -2.02. The Bertz CT molecular complexity index is 987. The number of nitrogens with one attached hydrogen (secondary N) is 1. The fraction of sp³-hybridized carbons (Fsp3) is 0.211. The number of rotatable bonds is 8. The van der Waals surface area contributed by atoms with Crippen LogP contribution in [0.1, 0.15) is 23.4 Å². The topological polar surface area (TPSA) is 89.0 Å². The summed E-state index contributed by atoms with van der Waals surface area (Å²) in [5, 5.41) is 11.1. The van der Waals surface area contributed by atoms with Crippen molar-refractivity contribution in [3.05, 3.63) is 71.2 Å². The molecule has 1 aromatic heterocycles. The zero-order valence-electron chi connectivity index (χ0n) is 14.5. The summed E-state index contributed by atoms with van der Waals surface area (Å²) in [7, 11) is -3.48. The van der Waals surface area contributed by atoms with Gasteiger partial charge in [0.1, 0.15) is 10.8 Å². The highest BCUT2D eigenvalue weighted by molar-refractivity contribution is 7.90. The third kappa shape index (κ3) is 5.70. The van der Waals surface area contributed by atoms with E-state index in [0.717, 1.165) is 24.2 Å². The molecule has 6 nitrogen and oxygen atoms in total. The van der Waals surface area contributed by atoms with Crippen molar-refractivity contribution >= 4 is 32.2 Å². The van der Waals surface area contributed by atoms with E-state index in [2.05, 4.69) is 15.5 Å². The summed E-state index contributed by atoms with van der Waals surface area (Å²) in [5.74, 6) is -0.391. The fourth-order valence-electron chi connectivity index (χ4n) is 2.52. The van der Waals surface area contributed by atoms with Crippen LogP contribution in [0.3, 0.4) is 0 Å². The molecule has 140 valence electrons. The molecule has 3 rings (SSSR count). The van der Waals surface area contributed by atoms with Crippen molar-refractivity contribution in [2.45, 2.75) is 29.9 Å². The average molecular weight is 402 g/mol. The van der Waals surface area contributed by atoms with Crippen molar-refractivity contribution in [3.63, 3.8) is 0 Å². The number of aromatic nitrogens is 2. The molecule has 0 unspecified atom stereocenters. The van der Waals surface area contributed by atoms with Gasteiger partial charge in [0.2, 0.25) is 11.0 Å². The number of aryl methyl sites for hydroxylation is 1. The first-order valence-corrected chi connectivity index (χ1v) is 10.9. The molecule has 1 amide bonds. The van der Waals surface area contributed by atoms with Crippen LogP contribution in [0.25, 0.3) is 0 Å². The van der Waals surface area contributed by atoms with Crippen LogP contribution < -0.4 is 5.32 Å². The van der Waals surface area contributed by atoms with Crippen molar-refractivity contribution in [2.24, 2.45) is 0 Å². The minimum absolute atomic E-state index is 0.153. The number of benzene rings is 2. The van der Waals surface area contributed by atoms with Gasteiger partial charge in [-0.3, -0.25) is 4.79 Å². The predicted octanol–water partition coefficient (Wildman–Crippen LogP) is 3.47. The third-order valence-electron chi connectivity index (χ3n) is 3.84. The van der Waals surface area contributed by atoms with Crippen LogP contribution in [0, 0.1) is 0 Å². The summed E-state index contributed by atoms with van der Waals surface area (Å²) in [6.45, 7) is 0. The van der Waals surface area contributed by atoms with E-state index in [-0.39, 0.29) is 16.6 Å². The zero-order chi connectivity index (χ0) is 19.1. The Kier molecular flexibility index (Phi) is 6.31. The highest BCUT2D eigenvalue weighted by Crippen LogP contribution is 2.21. The molecule has 27 heavy (non-hydrogen) atoms. The fourth-order valence-corrected chi connectivity index (χ4v) is 4.89. The second-order valence-electron chi connectivity index (χ2n) is 5.96. The number of hydrogen-bond donors (Lipinski definition) is 1. The van der Waals surface area contributed by atoms with Gasteiger partial charge in [-0.1, -0.05) is 59.9 Å². The number of hydrogen-bond acceptors (Lipinski definition) is 6. The lowest BCUT2D eigenvalue weighted by atomic mass is 10.1. The van der Waals surface area contributed by atoms with Crippen LogP contribution in [0.5, 0.6) is 0 Å². The second kappa shape index (κ2) is 8.88. The van der Waals surface area contributed by atoms with Gasteiger partial charge in [-0.15, -0.1) is 10.2 Å². The smallest absolute Gasteiger partial charge is 0.226 e. The maximum atomic E-state index is 12.4. The molecule has 3 aromatic rings. The van der Waals surface area contributed by atoms with Gasteiger partial charge in [0.25, 0.3) is 0 Å². The van der Waals surface area contributed by atoms with E-state index >= 15 is 0 Å². The van der Waals surface area contributed by atoms with Gasteiger partial charge in [0.05, 0.1) is 4.90 Å². The first-order chi connectivity index (χ1) is 13.0. The minimum atomic E-state index is -3.48. The van der Waals surface area contributed by atoms with E-state index in [4.69, 9.17) is 0 Å². The van der Waals surface area contributed by atoms with Crippen LogP contribution in [-0.4, -0.2) is 24.5 Å². The molecule has 0 bridgehead atoms. The minimum Gasteiger partial charge on any atom is -0.301 e. The van der Waals surface area contributed by atoms with Crippen molar-refractivity contribution in [2.75, 3.05) is 5.32 Å². The molecule has 0 aliphatic rings. The van der Waals surface area contributed by atoms with Crippen molar-refractivity contribution < 1.29 is 13.2 Å². The molecule has 0 radical (unpaired) electrons. The van der Waals surface area contributed by atoms with Crippen LogP contribution in [0.2, 0.25) is 0 Å². The Balaban J connectivity index is 1.51. The van der Waals surface area contributed by atoms with Gasteiger partial charge in [-0.2, -0.15) is 0 Å². The maximum absolute atomic E-state index is 12.4. The lowest BCUT2D eigenvalue weighted by molar-refractivity contribution is -0.116. The molecule has 8 heteroatoms. The number of sulfone groups is 1.